The normalized spacial score (nSPS) is 21.8. The number of carbonyl (C=O) groups is 3. The summed E-state index contributed by atoms with van der Waals surface area (Å²) in [6.07, 6.45) is 3.03. The lowest BCUT2D eigenvalue weighted by Crippen LogP contribution is -2.46. The number of alkyl carbamates (subject to hydrolysis) is 1. The topological polar surface area (TPSA) is 105 Å². The van der Waals surface area contributed by atoms with Crippen LogP contribution in [-0.2, 0) is 14.3 Å². The van der Waals surface area contributed by atoms with Gasteiger partial charge in [0.05, 0.1) is 5.41 Å². The Morgan fingerprint density at radius 3 is 2.12 bits per heavy atom. The van der Waals surface area contributed by atoms with Crippen molar-refractivity contribution in [2.45, 2.75) is 31.6 Å². The van der Waals surface area contributed by atoms with Crippen molar-refractivity contribution in [3.05, 3.63) is 59.7 Å². The molecule has 1 atom stereocenters. The molecule has 3 aliphatic rings. The number of aliphatic carboxylic acids is 1. The van der Waals surface area contributed by atoms with E-state index >= 15 is 0 Å². The number of fused-ring (bicyclic) bond motifs is 3. The van der Waals surface area contributed by atoms with Crippen LogP contribution in [0.2, 0.25) is 0 Å². The third kappa shape index (κ3) is 3.23. The molecule has 2 aromatic rings. The molecule has 0 aromatic heterocycles. The van der Waals surface area contributed by atoms with Gasteiger partial charge in [-0.15, -0.1) is 0 Å². The standard InChI is InChI=1S/C25H26N2O5/c28-21(29)12-26-22(30)25(14-24(25)10-5-11-24)15-27-23(31)32-13-20-18-8-3-1-6-16(18)17-7-2-4-9-19(17)20/h1-4,6-9,20H,5,10-15H2,(H,26,30)(H,27,31)(H,28,29). The molecule has 0 heterocycles. The Morgan fingerprint density at radius 1 is 0.969 bits per heavy atom. The maximum Gasteiger partial charge on any atom is 0.407 e. The molecule has 3 N–H and O–H groups in total. The van der Waals surface area contributed by atoms with Gasteiger partial charge in [0.25, 0.3) is 0 Å². The number of nitrogens with one attached hydrogen (secondary N) is 2. The molecule has 2 saturated carbocycles. The van der Waals surface area contributed by atoms with Gasteiger partial charge >= 0.3 is 12.1 Å². The molecule has 3 aliphatic carbocycles. The van der Waals surface area contributed by atoms with E-state index < -0.39 is 24.0 Å². The molecule has 1 unspecified atom stereocenters. The Hall–Kier alpha value is -3.35. The van der Waals surface area contributed by atoms with Gasteiger partial charge in [-0.05, 0) is 46.9 Å². The first kappa shape index (κ1) is 20.5. The van der Waals surface area contributed by atoms with Gasteiger partial charge in [0.1, 0.15) is 13.2 Å². The summed E-state index contributed by atoms with van der Waals surface area (Å²) in [5, 5.41) is 14.2. The second-order valence-electron chi connectivity index (χ2n) is 9.15. The molecule has 2 amide bonds. The molecule has 0 radical (unpaired) electrons. The molecule has 0 aliphatic heterocycles. The van der Waals surface area contributed by atoms with Crippen LogP contribution >= 0.6 is 0 Å². The first-order chi connectivity index (χ1) is 15.5. The van der Waals surface area contributed by atoms with E-state index in [0.717, 1.165) is 41.5 Å². The molecular weight excluding hydrogens is 408 g/mol. The van der Waals surface area contributed by atoms with Gasteiger partial charge in [-0.2, -0.15) is 0 Å². The molecule has 2 fully saturated rings. The summed E-state index contributed by atoms with van der Waals surface area (Å²) in [5.74, 6) is -1.40. The van der Waals surface area contributed by atoms with Crippen LogP contribution in [0.4, 0.5) is 4.79 Å². The molecular formula is C25H26N2O5. The van der Waals surface area contributed by atoms with Crippen LogP contribution in [0.5, 0.6) is 0 Å². The zero-order chi connectivity index (χ0) is 22.3. The lowest BCUT2D eigenvalue weighted by Gasteiger charge is -2.32. The van der Waals surface area contributed by atoms with E-state index in [2.05, 4.69) is 34.9 Å². The summed E-state index contributed by atoms with van der Waals surface area (Å²) in [6, 6.07) is 16.3. The van der Waals surface area contributed by atoms with Gasteiger partial charge < -0.3 is 20.5 Å². The molecule has 166 valence electrons. The summed E-state index contributed by atoms with van der Waals surface area (Å²) in [4.78, 5) is 36.1. The molecule has 32 heavy (non-hydrogen) atoms. The minimum Gasteiger partial charge on any atom is -0.480 e. The Balaban J connectivity index is 1.22. The van der Waals surface area contributed by atoms with Crippen LogP contribution in [-0.4, -0.2) is 42.8 Å². The third-order valence-corrected chi connectivity index (χ3v) is 7.55. The number of carbonyl (C=O) groups excluding carboxylic acids is 2. The number of ether oxygens (including phenoxy) is 1. The van der Waals surface area contributed by atoms with E-state index in [9.17, 15) is 14.4 Å². The molecule has 7 heteroatoms. The van der Waals surface area contributed by atoms with Gasteiger partial charge in [0.15, 0.2) is 0 Å². The summed E-state index contributed by atoms with van der Waals surface area (Å²) in [6.45, 7) is -0.0417. The molecule has 0 bridgehead atoms. The van der Waals surface area contributed by atoms with Gasteiger partial charge in [0.2, 0.25) is 5.91 Å². The Kier molecular flexibility index (Phi) is 4.92. The molecule has 2 aromatic carbocycles. The Morgan fingerprint density at radius 2 is 1.59 bits per heavy atom. The first-order valence-corrected chi connectivity index (χ1v) is 11.0. The van der Waals surface area contributed by atoms with E-state index in [1.54, 1.807) is 0 Å². The summed E-state index contributed by atoms with van der Waals surface area (Å²) >= 11 is 0. The monoisotopic (exact) mass is 434 g/mol. The van der Waals surface area contributed by atoms with Crippen molar-refractivity contribution in [1.29, 1.82) is 0 Å². The highest BCUT2D eigenvalue weighted by Gasteiger charge is 2.73. The molecule has 5 rings (SSSR count). The zero-order valence-corrected chi connectivity index (χ0v) is 17.7. The van der Waals surface area contributed by atoms with Crippen molar-refractivity contribution in [3.8, 4) is 11.1 Å². The number of benzene rings is 2. The fourth-order valence-electron chi connectivity index (χ4n) is 5.64. The number of rotatable bonds is 7. The van der Waals surface area contributed by atoms with Gasteiger partial charge in [-0.25, -0.2) is 4.79 Å². The van der Waals surface area contributed by atoms with Crippen LogP contribution in [0.3, 0.4) is 0 Å². The van der Waals surface area contributed by atoms with E-state index in [-0.39, 0.29) is 30.4 Å². The second kappa shape index (κ2) is 7.65. The maximum absolute atomic E-state index is 12.7. The summed E-state index contributed by atoms with van der Waals surface area (Å²) in [7, 11) is 0. The number of carboxylic acid groups (broad SMARTS) is 1. The van der Waals surface area contributed by atoms with Gasteiger partial charge in [-0.3, -0.25) is 9.59 Å². The van der Waals surface area contributed by atoms with E-state index in [4.69, 9.17) is 9.84 Å². The predicted octanol–water partition coefficient (Wildman–Crippen LogP) is 3.29. The lowest BCUT2D eigenvalue weighted by molar-refractivity contribution is -0.139. The highest BCUT2D eigenvalue weighted by Crippen LogP contribution is 2.73. The predicted molar refractivity (Wildman–Crippen MR) is 117 cm³/mol. The minimum atomic E-state index is -1.08. The smallest absolute Gasteiger partial charge is 0.407 e. The maximum atomic E-state index is 12.7. The summed E-state index contributed by atoms with van der Waals surface area (Å²) in [5.41, 5.74) is 3.77. The molecule has 1 spiro atoms. The highest BCUT2D eigenvalue weighted by atomic mass is 16.5. The Labute approximate surface area is 186 Å². The Bertz CT molecular complexity index is 1050. The molecule has 7 nitrogen and oxygen atoms in total. The van der Waals surface area contributed by atoms with Crippen LogP contribution in [0.15, 0.2) is 48.5 Å². The average molecular weight is 434 g/mol. The largest absolute Gasteiger partial charge is 0.480 e. The summed E-state index contributed by atoms with van der Waals surface area (Å²) < 4.78 is 5.58. The van der Waals surface area contributed by atoms with E-state index in [1.807, 2.05) is 24.3 Å². The minimum absolute atomic E-state index is 0.0279. The van der Waals surface area contributed by atoms with Crippen molar-refractivity contribution >= 4 is 18.0 Å². The first-order valence-electron chi connectivity index (χ1n) is 11.0. The highest BCUT2D eigenvalue weighted by molar-refractivity contribution is 5.90. The van der Waals surface area contributed by atoms with E-state index in [0.29, 0.717) is 6.42 Å². The van der Waals surface area contributed by atoms with Gasteiger partial charge in [-0.1, -0.05) is 55.0 Å². The quantitative estimate of drug-likeness (QED) is 0.620. The van der Waals surface area contributed by atoms with Gasteiger partial charge in [0, 0.05) is 12.5 Å². The van der Waals surface area contributed by atoms with Crippen LogP contribution in [0.1, 0.15) is 42.7 Å². The van der Waals surface area contributed by atoms with E-state index in [1.165, 1.54) is 0 Å². The third-order valence-electron chi connectivity index (χ3n) is 7.55. The fourth-order valence-corrected chi connectivity index (χ4v) is 5.64. The number of carboxylic acids is 1. The van der Waals surface area contributed by atoms with Crippen molar-refractivity contribution in [2.24, 2.45) is 10.8 Å². The van der Waals surface area contributed by atoms with Crippen LogP contribution < -0.4 is 10.6 Å². The zero-order valence-electron chi connectivity index (χ0n) is 17.7. The fraction of sp³-hybridized carbons (Fsp3) is 0.400. The van der Waals surface area contributed by atoms with Crippen molar-refractivity contribution in [2.75, 3.05) is 19.7 Å². The number of amides is 2. The van der Waals surface area contributed by atoms with Crippen molar-refractivity contribution in [1.82, 2.24) is 10.6 Å². The SMILES string of the molecule is O=C(O)CNC(=O)C1(CNC(=O)OCC2c3ccccc3-c3ccccc32)CC12CCC2. The lowest BCUT2D eigenvalue weighted by atomic mass is 9.74. The van der Waals surface area contributed by atoms with Crippen molar-refractivity contribution < 1.29 is 24.2 Å². The molecule has 0 saturated heterocycles. The number of hydrogen-bond acceptors (Lipinski definition) is 4. The van der Waals surface area contributed by atoms with Crippen LogP contribution in [0, 0.1) is 10.8 Å². The number of hydrogen-bond donors (Lipinski definition) is 3. The second-order valence-corrected chi connectivity index (χ2v) is 9.15. The van der Waals surface area contributed by atoms with Crippen LogP contribution in [0.25, 0.3) is 11.1 Å². The average Bonchev–Trinajstić information content (AvgIpc) is 3.39. The van der Waals surface area contributed by atoms with Crippen molar-refractivity contribution in [3.63, 3.8) is 0 Å².